The normalized spacial score (nSPS) is 10.7. The summed E-state index contributed by atoms with van der Waals surface area (Å²) in [6.45, 7) is 0. The number of hydrogen-bond donors (Lipinski definition) is 1. The molecule has 0 aliphatic heterocycles. The van der Waals surface area contributed by atoms with Gasteiger partial charge in [-0.3, -0.25) is 0 Å². The molecule has 2 heterocycles. The highest BCUT2D eigenvalue weighted by Gasteiger charge is 2.10. The summed E-state index contributed by atoms with van der Waals surface area (Å²) < 4.78 is 12.3. The van der Waals surface area contributed by atoms with Gasteiger partial charge < -0.3 is 14.8 Å². The molecule has 0 atom stereocenters. The van der Waals surface area contributed by atoms with Crippen molar-refractivity contribution in [1.29, 1.82) is 0 Å². The van der Waals surface area contributed by atoms with Crippen LogP contribution in [0.5, 0.6) is 11.5 Å². The summed E-state index contributed by atoms with van der Waals surface area (Å²) in [5.74, 6) is 2.36. The van der Waals surface area contributed by atoms with Gasteiger partial charge in [0.15, 0.2) is 5.65 Å². The second-order valence-electron chi connectivity index (χ2n) is 5.72. The number of aromatic nitrogens is 3. The first-order chi connectivity index (χ1) is 12.8. The molecule has 26 heavy (non-hydrogen) atoms. The van der Waals surface area contributed by atoms with Gasteiger partial charge in [0.05, 0.1) is 20.4 Å². The average molecular weight is 346 g/mol. The second kappa shape index (κ2) is 6.76. The van der Waals surface area contributed by atoms with Crippen LogP contribution in [-0.2, 0) is 0 Å². The number of methoxy groups -OCH3 is 2. The van der Waals surface area contributed by atoms with Crippen molar-refractivity contribution in [3.05, 3.63) is 67.0 Å². The molecule has 0 saturated heterocycles. The maximum atomic E-state index is 5.32. The molecule has 0 bridgehead atoms. The summed E-state index contributed by atoms with van der Waals surface area (Å²) in [6.07, 6.45) is 3.70. The molecule has 0 unspecified atom stereocenters. The van der Waals surface area contributed by atoms with Gasteiger partial charge in [-0.15, -0.1) is 0 Å². The summed E-state index contributed by atoms with van der Waals surface area (Å²) in [7, 11) is 3.31. The summed E-state index contributed by atoms with van der Waals surface area (Å²) >= 11 is 0. The van der Waals surface area contributed by atoms with Gasteiger partial charge in [-0.1, -0.05) is 12.1 Å². The molecule has 2 aromatic heterocycles. The van der Waals surface area contributed by atoms with E-state index in [1.54, 1.807) is 18.7 Å². The first-order valence-corrected chi connectivity index (χ1v) is 8.17. The van der Waals surface area contributed by atoms with Crippen LogP contribution < -0.4 is 14.8 Å². The number of rotatable bonds is 5. The maximum Gasteiger partial charge on any atom is 0.165 e. The van der Waals surface area contributed by atoms with E-state index in [0.29, 0.717) is 0 Å². The van der Waals surface area contributed by atoms with Crippen molar-refractivity contribution in [1.82, 2.24) is 14.6 Å². The SMILES string of the molecule is COc1ccc(Nc2ccn3ncc(-c4cccc(OC)c4)c3n2)cc1. The van der Waals surface area contributed by atoms with Crippen molar-refractivity contribution < 1.29 is 9.47 Å². The number of anilines is 2. The maximum absolute atomic E-state index is 5.32. The van der Waals surface area contributed by atoms with Gasteiger partial charge in [-0.2, -0.15) is 5.10 Å². The average Bonchev–Trinajstić information content (AvgIpc) is 3.12. The molecule has 4 aromatic rings. The number of nitrogens with zero attached hydrogens (tertiary/aromatic N) is 3. The number of ether oxygens (including phenoxy) is 2. The van der Waals surface area contributed by atoms with Crippen molar-refractivity contribution in [3.63, 3.8) is 0 Å². The zero-order chi connectivity index (χ0) is 17.9. The Morgan fingerprint density at radius 1 is 0.923 bits per heavy atom. The molecular weight excluding hydrogens is 328 g/mol. The largest absolute Gasteiger partial charge is 0.497 e. The van der Waals surface area contributed by atoms with Gasteiger partial charge in [0.25, 0.3) is 0 Å². The van der Waals surface area contributed by atoms with Crippen LogP contribution in [0.4, 0.5) is 11.5 Å². The van der Waals surface area contributed by atoms with E-state index in [9.17, 15) is 0 Å². The molecule has 4 rings (SSSR count). The van der Waals surface area contributed by atoms with Crippen molar-refractivity contribution in [2.75, 3.05) is 19.5 Å². The second-order valence-corrected chi connectivity index (χ2v) is 5.72. The van der Waals surface area contributed by atoms with E-state index in [1.807, 2.05) is 67.0 Å². The lowest BCUT2D eigenvalue weighted by Crippen LogP contribution is -1.97. The standard InChI is InChI=1S/C20H18N4O2/c1-25-16-8-6-15(7-9-16)22-19-10-11-24-20(23-19)18(13-21-24)14-4-3-5-17(12-14)26-2/h3-13H,1-2H3,(H,22,23). The lowest BCUT2D eigenvalue weighted by Gasteiger charge is -2.08. The Morgan fingerprint density at radius 2 is 1.73 bits per heavy atom. The van der Waals surface area contributed by atoms with Crippen LogP contribution in [0.3, 0.4) is 0 Å². The Balaban J connectivity index is 1.69. The van der Waals surface area contributed by atoms with Crippen LogP contribution in [0.25, 0.3) is 16.8 Å². The smallest absolute Gasteiger partial charge is 0.165 e. The summed E-state index contributed by atoms with van der Waals surface area (Å²) in [6, 6.07) is 17.5. The minimum absolute atomic E-state index is 0.743. The number of nitrogens with one attached hydrogen (secondary N) is 1. The molecule has 6 nitrogen and oxygen atoms in total. The summed E-state index contributed by atoms with van der Waals surface area (Å²) in [4.78, 5) is 4.72. The molecular formula is C20H18N4O2. The monoisotopic (exact) mass is 346 g/mol. The highest BCUT2D eigenvalue weighted by molar-refractivity contribution is 5.78. The molecule has 1 N–H and O–H groups in total. The Kier molecular flexibility index (Phi) is 4.15. The highest BCUT2D eigenvalue weighted by Crippen LogP contribution is 2.27. The van der Waals surface area contributed by atoms with E-state index in [0.717, 1.165) is 39.8 Å². The van der Waals surface area contributed by atoms with Crippen LogP contribution in [-0.4, -0.2) is 28.8 Å². The lowest BCUT2D eigenvalue weighted by molar-refractivity contribution is 0.415. The first kappa shape index (κ1) is 16.0. The Hall–Kier alpha value is -3.54. The molecule has 0 amide bonds. The van der Waals surface area contributed by atoms with Crippen LogP contribution in [0.15, 0.2) is 67.0 Å². The molecule has 6 heteroatoms. The molecule has 0 aliphatic rings. The molecule has 0 fully saturated rings. The minimum atomic E-state index is 0.743. The number of fused-ring (bicyclic) bond motifs is 1. The topological polar surface area (TPSA) is 60.7 Å². The van der Waals surface area contributed by atoms with Crippen molar-refractivity contribution in [3.8, 4) is 22.6 Å². The van der Waals surface area contributed by atoms with E-state index in [-0.39, 0.29) is 0 Å². The minimum Gasteiger partial charge on any atom is -0.497 e. The van der Waals surface area contributed by atoms with Crippen molar-refractivity contribution >= 4 is 17.2 Å². The Bertz CT molecular complexity index is 1040. The molecule has 0 spiro atoms. The predicted molar refractivity (Wildman–Crippen MR) is 101 cm³/mol. The quantitative estimate of drug-likeness (QED) is 0.588. The number of hydrogen-bond acceptors (Lipinski definition) is 5. The summed E-state index contributed by atoms with van der Waals surface area (Å²) in [5.41, 5.74) is 3.66. The first-order valence-electron chi connectivity index (χ1n) is 8.17. The zero-order valence-electron chi connectivity index (χ0n) is 14.5. The summed E-state index contributed by atoms with van der Waals surface area (Å²) in [5, 5.41) is 7.70. The van der Waals surface area contributed by atoms with Gasteiger partial charge in [-0.25, -0.2) is 9.50 Å². The Labute approximate surface area is 151 Å². The van der Waals surface area contributed by atoms with Gasteiger partial charge in [0.2, 0.25) is 0 Å². The fourth-order valence-corrected chi connectivity index (χ4v) is 2.75. The third-order valence-corrected chi connectivity index (χ3v) is 4.11. The van der Waals surface area contributed by atoms with Gasteiger partial charge >= 0.3 is 0 Å². The molecule has 130 valence electrons. The predicted octanol–water partition coefficient (Wildman–Crippen LogP) is 4.16. The fraction of sp³-hybridized carbons (Fsp3) is 0.100. The van der Waals surface area contributed by atoms with Crippen LogP contribution >= 0.6 is 0 Å². The van der Waals surface area contributed by atoms with E-state index in [1.165, 1.54) is 0 Å². The molecule has 0 aliphatic carbocycles. The number of benzene rings is 2. The van der Waals surface area contributed by atoms with E-state index in [2.05, 4.69) is 10.4 Å². The van der Waals surface area contributed by atoms with Crippen molar-refractivity contribution in [2.45, 2.75) is 0 Å². The van der Waals surface area contributed by atoms with Gasteiger partial charge in [0.1, 0.15) is 17.3 Å². The van der Waals surface area contributed by atoms with E-state index < -0.39 is 0 Å². The Morgan fingerprint density at radius 3 is 2.50 bits per heavy atom. The molecule has 2 aromatic carbocycles. The van der Waals surface area contributed by atoms with Gasteiger partial charge in [0, 0.05) is 17.4 Å². The fourth-order valence-electron chi connectivity index (χ4n) is 2.75. The third kappa shape index (κ3) is 3.04. The van der Waals surface area contributed by atoms with Crippen LogP contribution in [0, 0.1) is 0 Å². The van der Waals surface area contributed by atoms with Crippen molar-refractivity contribution in [2.24, 2.45) is 0 Å². The molecule has 0 saturated carbocycles. The zero-order valence-corrected chi connectivity index (χ0v) is 14.5. The lowest BCUT2D eigenvalue weighted by atomic mass is 10.1. The molecule has 0 radical (unpaired) electrons. The highest BCUT2D eigenvalue weighted by atomic mass is 16.5. The third-order valence-electron chi connectivity index (χ3n) is 4.11. The van der Waals surface area contributed by atoms with E-state index >= 15 is 0 Å². The van der Waals surface area contributed by atoms with E-state index in [4.69, 9.17) is 14.5 Å². The van der Waals surface area contributed by atoms with Gasteiger partial charge in [-0.05, 0) is 48.0 Å². The van der Waals surface area contributed by atoms with Crippen LogP contribution in [0.2, 0.25) is 0 Å². The van der Waals surface area contributed by atoms with Crippen LogP contribution in [0.1, 0.15) is 0 Å².